The lowest BCUT2D eigenvalue weighted by molar-refractivity contribution is 0.251. The summed E-state index contributed by atoms with van der Waals surface area (Å²) in [4.78, 5) is 11.4. The smallest absolute Gasteiger partial charge is 0.319 e. The molecular weight excluding hydrogens is 208 g/mol. The van der Waals surface area contributed by atoms with Crippen LogP contribution in [-0.4, -0.2) is 22.8 Å². The third kappa shape index (κ3) is 4.08. The van der Waals surface area contributed by atoms with Crippen LogP contribution in [0.3, 0.4) is 0 Å². The standard InChI is InChI=1S/C11H16N2O3/c1-7(2)6-12-11(16)13-8-3-9(14)5-10(15)4-8/h3-5,7,14-15H,6H2,1-2H3,(H2,12,13,16). The highest BCUT2D eigenvalue weighted by Crippen LogP contribution is 2.23. The molecule has 0 saturated carbocycles. The van der Waals surface area contributed by atoms with Gasteiger partial charge in [0, 0.05) is 30.4 Å². The van der Waals surface area contributed by atoms with Crippen LogP contribution in [0.15, 0.2) is 18.2 Å². The van der Waals surface area contributed by atoms with Gasteiger partial charge in [-0.1, -0.05) is 13.8 Å². The summed E-state index contributed by atoms with van der Waals surface area (Å²) >= 11 is 0. The molecule has 0 fully saturated rings. The molecule has 4 N–H and O–H groups in total. The van der Waals surface area contributed by atoms with Gasteiger partial charge in [-0.25, -0.2) is 4.79 Å². The minimum absolute atomic E-state index is 0.0980. The van der Waals surface area contributed by atoms with Gasteiger partial charge in [0.25, 0.3) is 0 Å². The molecule has 0 spiro atoms. The molecule has 5 nitrogen and oxygen atoms in total. The van der Waals surface area contributed by atoms with Crippen LogP contribution in [0.4, 0.5) is 10.5 Å². The molecule has 0 atom stereocenters. The van der Waals surface area contributed by atoms with Gasteiger partial charge in [0.2, 0.25) is 0 Å². The Kier molecular flexibility index (Phi) is 3.99. The lowest BCUT2D eigenvalue weighted by Gasteiger charge is -2.09. The van der Waals surface area contributed by atoms with Gasteiger partial charge >= 0.3 is 6.03 Å². The molecule has 0 heterocycles. The molecule has 88 valence electrons. The van der Waals surface area contributed by atoms with Crippen LogP contribution in [0.5, 0.6) is 11.5 Å². The molecule has 0 radical (unpaired) electrons. The summed E-state index contributed by atoms with van der Waals surface area (Å²) in [5.74, 6) is 0.168. The Hall–Kier alpha value is -1.91. The van der Waals surface area contributed by atoms with E-state index in [-0.39, 0.29) is 17.5 Å². The van der Waals surface area contributed by atoms with E-state index in [4.69, 9.17) is 0 Å². The van der Waals surface area contributed by atoms with Crippen LogP contribution < -0.4 is 10.6 Å². The van der Waals surface area contributed by atoms with Crippen LogP contribution >= 0.6 is 0 Å². The zero-order chi connectivity index (χ0) is 12.1. The Labute approximate surface area is 94.1 Å². The van der Waals surface area contributed by atoms with E-state index in [2.05, 4.69) is 10.6 Å². The Morgan fingerprint density at radius 1 is 1.25 bits per heavy atom. The second-order valence-corrected chi connectivity index (χ2v) is 3.97. The second kappa shape index (κ2) is 5.25. The zero-order valence-corrected chi connectivity index (χ0v) is 9.32. The van der Waals surface area contributed by atoms with E-state index in [0.717, 1.165) is 0 Å². The number of carbonyl (C=O) groups is 1. The molecule has 1 aromatic carbocycles. The first-order valence-corrected chi connectivity index (χ1v) is 5.05. The molecular formula is C11H16N2O3. The topological polar surface area (TPSA) is 81.6 Å². The van der Waals surface area contributed by atoms with Crippen LogP contribution in [0, 0.1) is 5.92 Å². The highest BCUT2D eigenvalue weighted by molar-refractivity contribution is 5.89. The summed E-state index contributed by atoms with van der Waals surface area (Å²) in [6.07, 6.45) is 0. The summed E-state index contributed by atoms with van der Waals surface area (Å²) in [7, 11) is 0. The average molecular weight is 224 g/mol. The molecule has 0 bridgehead atoms. The van der Waals surface area contributed by atoms with E-state index in [1.807, 2.05) is 13.8 Å². The molecule has 16 heavy (non-hydrogen) atoms. The summed E-state index contributed by atoms with van der Waals surface area (Å²) in [5, 5.41) is 23.6. The molecule has 1 aromatic rings. The van der Waals surface area contributed by atoms with Crippen molar-refractivity contribution in [3.05, 3.63) is 18.2 Å². The Morgan fingerprint density at radius 3 is 2.31 bits per heavy atom. The Balaban J connectivity index is 2.56. The number of amides is 2. The van der Waals surface area contributed by atoms with Crippen molar-refractivity contribution >= 4 is 11.7 Å². The molecule has 0 aliphatic heterocycles. The summed E-state index contributed by atoms with van der Waals surface area (Å²) in [6, 6.07) is 3.54. The lowest BCUT2D eigenvalue weighted by atomic mass is 10.2. The summed E-state index contributed by atoms with van der Waals surface area (Å²) in [6.45, 7) is 4.54. The van der Waals surface area contributed by atoms with Crippen molar-refractivity contribution < 1.29 is 15.0 Å². The van der Waals surface area contributed by atoms with Gasteiger partial charge in [0.15, 0.2) is 0 Å². The van der Waals surface area contributed by atoms with E-state index in [0.29, 0.717) is 18.2 Å². The van der Waals surface area contributed by atoms with Crippen LogP contribution in [0.2, 0.25) is 0 Å². The van der Waals surface area contributed by atoms with E-state index in [1.54, 1.807) is 0 Å². The third-order valence-corrected chi connectivity index (χ3v) is 1.83. The second-order valence-electron chi connectivity index (χ2n) is 3.97. The van der Waals surface area contributed by atoms with Crippen molar-refractivity contribution in [1.29, 1.82) is 0 Å². The first-order chi connectivity index (χ1) is 7.47. The number of rotatable bonds is 3. The number of anilines is 1. The van der Waals surface area contributed by atoms with Gasteiger partial charge in [-0.15, -0.1) is 0 Å². The molecule has 0 unspecified atom stereocenters. The fraction of sp³-hybridized carbons (Fsp3) is 0.364. The fourth-order valence-corrected chi connectivity index (χ4v) is 1.14. The molecule has 0 saturated heterocycles. The van der Waals surface area contributed by atoms with E-state index < -0.39 is 0 Å². The average Bonchev–Trinajstić information content (AvgIpc) is 2.12. The molecule has 0 aromatic heterocycles. The van der Waals surface area contributed by atoms with Crippen LogP contribution in [-0.2, 0) is 0 Å². The van der Waals surface area contributed by atoms with Crippen LogP contribution in [0.25, 0.3) is 0 Å². The highest BCUT2D eigenvalue weighted by atomic mass is 16.3. The number of hydrogen-bond donors (Lipinski definition) is 4. The van der Waals surface area contributed by atoms with Crippen molar-refractivity contribution in [3.63, 3.8) is 0 Å². The van der Waals surface area contributed by atoms with Crippen molar-refractivity contribution in [2.24, 2.45) is 5.92 Å². The van der Waals surface area contributed by atoms with E-state index >= 15 is 0 Å². The van der Waals surface area contributed by atoms with Gasteiger partial charge in [-0.3, -0.25) is 0 Å². The van der Waals surface area contributed by atoms with Gasteiger partial charge in [-0.2, -0.15) is 0 Å². The largest absolute Gasteiger partial charge is 0.508 e. The number of urea groups is 1. The molecule has 2 amide bonds. The molecule has 5 heteroatoms. The van der Waals surface area contributed by atoms with E-state index in [9.17, 15) is 15.0 Å². The van der Waals surface area contributed by atoms with E-state index in [1.165, 1.54) is 18.2 Å². The maximum Gasteiger partial charge on any atom is 0.319 e. The van der Waals surface area contributed by atoms with Gasteiger partial charge in [0.05, 0.1) is 0 Å². The van der Waals surface area contributed by atoms with Crippen molar-refractivity contribution in [1.82, 2.24) is 5.32 Å². The monoisotopic (exact) mass is 224 g/mol. The predicted octanol–water partition coefficient (Wildman–Crippen LogP) is 1.88. The van der Waals surface area contributed by atoms with Gasteiger partial charge in [0.1, 0.15) is 11.5 Å². The minimum atomic E-state index is -0.362. The molecule has 0 aliphatic carbocycles. The first-order valence-electron chi connectivity index (χ1n) is 5.05. The maximum atomic E-state index is 11.4. The normalized spacial score (nSPS) is 10.2. The van der Waals surface area contributed by atoms with Gasteiger partial charge in [-0.05, 0) is 5.92 Å². The number of phenols is 2. The zero-order valence-electron chi connectivity index (χ0n) is 9.32. The lowest BCUT2D eigenvalue weighted by Crippen LogP contribution is -2.31. The Morgan fingerprint density at radius 2 is 1.81 bits per heavy atom. The fourth-order valence-electron chi connectivity index (χ4n) is 1.14. The SMILES string of the molecule is CC(C)CNC(=O)Nc1cc(O)cc(O)c1. The quantitative estimate of drug-likeness (QED) is 0.632. The predicted molar refractivity (Wildman–Crippen MR) is 61.6 cm³/mol. The number of benzene rings is 1. The number of phenolic OH excluding ortho intramolecular Hbond substituents is 2. The van der Waals surface area contributed by atoms with Crippen molar-refractivity contribution in [2.75, 3.05) is 11.9 Å². The summed E-state index contributed by atoms with van der Waals surface area (Å²) < 4.78 is 0. The molecule has 1 rings (SSSR count). The summed E-state index contributed by atoms with van der Waals surface area (Å²) in [5.41, 5.74) is 0.346. The Bertz CT molecular complexity index is 357. The van der Waals surface area contributed by atoms with Gasteiger partial charge < -0.3 is 20.8 Å². The third-order valence-electron chi connectivity index (χ3n) is 1.83. The van der Waals surface area contributed by atoms with Crippen LogP contribution in [0.1, 0.15) is 13.8 Å². The van der Waals surface area contributed by atoms with Crippen molar-refractivity contribution in [3.8, 4) is 11.5 Å². The molecule has 0 aliphatic rings. The highest BCUT2D eigenvalue weighted by Gasteiger charge is 2.04. The minimum Gasteiger partial charge on any atom is -0.508 e. The van der Waals surface area contributed by atoms with Crippen molar-refractivity contribution in [2.45, 2.75) is 13.8 Å². The number of carbonyl (C=O) groups excluding carboxylic acids is 1. The number of aromatic hydroxyl groups is 2. The number of hydrogen-bond acceptors (Lipinski definition) is 3. The number of nitrogens with one attached hydrogen (secondary N) is 2. The first kappa shape index (κ1) is 12.2. The maximum absolute atomic E-state index is 11.4.